The summed E-state index contributed by atoms with van der Waals surface area (Å²) in [6, 6.07) is 7.32. The van der Waals surface area contributed by atoms with Crippen molar-refractivity contribution in [3.05, 3.63) is 35.4 Å². The highest BCUT2D eigenvalue weighted by Gasteiger charge is 2.18. The van der Waals surface area contributed by atoms with Gasteiger partial charge in [-0.25, -0.2) is 9.59 Å². The summed E-state index contributed by atoms with van der Waals surface area (Å²) in [5.41, 5.74) is 1.40. The Morgan fingerprint density at radius 3 is 2.43 bits per heavy atom. The summed E-state index contributed by atoms with van der Waals surface area (Å²) in [4.78, 5) is 22.5. The van der Waals surface area contributed by atoms with Crippen molar-refractivity contribution in [3.63, 3.8) is 0 Å². The average Bonchev–Trinajstić information content (AvgIpc) is 2.35. The van der Waals surface area contributed by atoms with Gasteiger partial charge in [0.25, 0.3) is 0 Å². The molecular formula is C17H26N2O4. The molecule has 0 aromatic heterocycles. The van der Waals surface area contributed by atoms with Crippen LogP contribution in [0.25, 0.3) is 0 Å². The highest BCUT2D eigenvalue weighted by Crippen LogP contribution is 2.16. The van der Waals surface area contributed by atoms with Gasteiger partial charge in [0.1, 0.15) is 5.60 Å². The van der Waals surface area contributed by atoms with Crippen LogP contribution in [0.1, 0.15) is 51.8 Å². The van der Waals surface area contributed by atoms with Crippen LogP contribution < -0.4 is 10.6 Å². The van der Waals surface area contributed by atoms with Crippen molar-refractivity contribution >= 4 is 12.2 Å². The van der Waals surface area contributed by atoms with Crippen LogP contribution in [0.2, 0.25) is 0 Å². The van der Waals surface area contributed by atoms with Gasteiger partial charge >= 0.3 is 12.2 Å². The Hall–Kier alpha value is -2.24. The van der Waals surface area contributed by atoms with Gasteiger partial charge in [-0.3, -0.25) is 0 Å². The van der Waals surface area contributed by atoms with Crippen molar-refractivity contribution in [2.24, 2.45) is 0 Å². The van der Waals surface area contributed by atoms with E-state index in [-0.39, 0.29) is 12.1 Å². The largest absolute Gasteiger partial charge is 0.465 e. The highest BCUT2D eigenvalue weighted by atomic mass is 16.6. The number of hydrogen-bond acceptors (Lipinski definition) is 3. The zero-order valence-corrected chi connectivity index (χ0v) is 14.3. The van der Waals surface area contributed by atoms with Crippen LogP contribution in [0.5, 0.6) is 0 Å². The summed E-state index contributed by atoms with van der Waals surface area (Å²) < 4.78 is 5.24. The summed E-state index contributed by atoms with van der Waals surface area (Å²) in [7, 11) is 0. The van der Waals surface area contributed by atoms with E-state index in [0.29, 0.717) is 6.42 Å². The number of carbonyl (C=O) groups excluding carboxylic acids is 1. The molecule has 1 aromatic rings. The minimum Gasteiger partial charge on any atom is -0.465 e. The van der Waals surface area contributed by atoms with Crippen LogP contribution in [0.4, 0.5) is 9.59 Å². The van der Waals surface area contributed by atoms with E-state index >= 15 is 0 Å². The number of amides is 2. The summed E-state index contributed by atoms with van der Waals surface area (Å²) >= 11 is 0. The van der Waals surface area contributed by atoms with Gasteiger partial charge in [-0.15, -0.1) is 0 Å². The fourth-order valence-electron chi connectivity index (χ4n) is 2.17. The minimum atomic E-state index is -1.03. The molecule has 0 saturated carbocycles. The Kier molecular flexibility index (Phi) is 6.42. The van der Waals surface area contributed by atoms with E-state index in [0.717, 1.165) is 11.1 Å². The number of hydrogen-bond donors (Lipinski definition) is 3. The zero-order valence-electron chi connectivity index (χ0n) is 14.3. The first-order chi connectivity index (χ1) is 10.6. The number of carboxylic acid groups (broad SMARTS) is 1. The van der Waals surface area contributed by atoms with E-state index < -0.39 is 17.8 Å². The molecule has 0 saturated heterocycles. The smallest absolute Gasteiger partial charge is 0.408 e. The lowest BCUT2D eigenvalue weighted by atomic mass is 10.0. The van der Waals surface area contributed by atoms with E-state index in [1.807, 2.05) is 58.9 Å². The predicted octanol–water partition coefficient (Wildman–Crippen LogP) is 3.47. The van der Waals surface area contributed by atoms with Gasteiger partial charge in [0.15, 0.2) is 0 Å². The monoisotopic (exact) mass is 322 g/mol. The van der Waals surface area contributed by atoms with Crippen molar-refractivity contribution in [1.29, 1.82) is 0 Å². The molecule has 2 amide bonds. The fourth-order valence-corrected chi connectivity index (χ4v) is 2.17. The van der Waals surface area contributed by atoms with E-state index in [4.69, 9.17) is 9.84 Å². The third-order valence-electron chi connectivity index (χ3n) is 3.10. The Bertz CT molecular complexity index is 552. The molecule has 2 atom stereocenters. The molecule has 0 radical (unpaired) electrons. The molecule has 1 rings (SSSR count). The van der Waals surface area contributed by atoms with Crippen LogP contribution in [0.15, 0.2) is 24.3 Å². The van der Waals surface area contributed by atoms with Crippen molar-refractivity contribution in [1.82, 2.24) is 10.6 Å². The van der Waals surface area contributed by atoms with Crippen molar-refractivity contribution in [2.45, 2.75) is 58.7 Å². The second-order valence-electron chi connectivity index (χ2n) is 6.67. The highest BCUT2D eigenvalue weighted by molar-refractivity contribution is 5.68. The molecule has 1 unspecified atom stereocenters. The summed E-state index contributed by atoms with van der Waals surface area (Å²) in [5.74, 6) is 0. The zero-order chi connectivity index (χ0) is 17.6. The first kappa shape index (κ1) is 18.8. The summed E-state index contributed by atoms with van der Waals surface area (Å²) in [6.07, 6.45) is -0.913. The number of alkyl carbamates (subject to hydrolysis) is 1. The van der Waals surface area contributed by atoms with Gasteiger partial charge in [-0.2, -0.15) is 0 Å². The van der Waals surface area contributed by atoms with E-state index in [2.05, 4.69) is 10.6 Å². The van der Waals surface area contributed by atoms with Crippen LogP contribution in [0.3, 0.4) is 0 Å². The lowest BCUT2D eigenvalue weighted by Crippen LogP contribution is -2.34. The number of nitrogens with one attached hydrogen (secondary N) is 2. The Morgan fingerprint density at radius 2 is 1.87 bits per heavy atom. The molecule has 0 aliphatic rings. The van der Waals surface area contributed by atoms with Crippen molar-refractivity contribution < 1.29 is 19.4 Å². The molecule has 1 aromatic carbocycles. The van der Waals surface area contributed by atoms with Crippen LogP contribution >= 0.6 is 0 Å². The topological polar surface area (TPSA) is 87.7 Å². The quantitative estimate of drug-likeness (QED) is 0.774. The predicted molar refractivity (Wildman–Crippen MR) is 88.6 cm³/mol. The Balaban J connectivity index is 2.68. The lowest BCUT2D eigenvalue weighted by molar-refractivity contribution is 0.0508. The van der Waals surface area contributed by atoms with Crippen molar-refractivity contribution in [2.75, 3.05) is 0 Å². The summed E-state index contributed by atoms with van der Waals surface area (Å²) in [6.45, 7) is 9.13. The van der Waals surface area contributed by atoms with E-state index in [1.165, 1.54) is 0 Å². The Labute approximate surface area is 137 Å². The van der Waals surface area contributed by atoms with E-state index in [1.54, 1.807) is 0 Å². The molecule has 0 fully saturated rings. The molecule has 0 bridgehead atoms. The van der Waals surface area contributed by atoms with Crippen LogP contribution in [-0.2, 0) is 11.2 Å². The second kappa shape index (κ2) is 7.85. The number of rotatable bonds is 5. The van der Waals surface area contributed by atoms with E-state index in [9.17, 15) is 9.59 Å². The molecule has 0 spiro atoms. The molecule has 128 valence electrons. The maximum Gasteiger partial charge on any atom is 0.408 e. The van der Waals surface area contributed by atoms with Gasteiger partial charge in [0, 0.05) is 6.04 Å². The van der Waals surface area contributed by atoms with Gasteiger partial charge in [0.05, 0.1) is 6.04 Å². The van der Waals surface area contributed by atoms with Gasteiger partial charge in [0.2, 0.25) is 0 Å². The first-order valence-corrected chi connectivity index (χ1v) is 7.64. The Morgan fingerprint density at radius 1 is 1.22 bits per heavy atom. The number of benzene rings is 1. The molecule has 0 aliphatic carbocycles. The molecule has 0 aliphatic heterocycles. The second-order valence-corrected chi connectivity index (χ2v) is 6.67. The maximum atomic E-state index is 11.8. The molecule has 3 N–H and O–H groups in total. The van der Waals surface area contributed by atoms with Crippen LogP contribution in [0, 0.1) is 0 Å². The molecule has 0 heterocycles. The first-order valence-electron chi connectivity index (χ1n) is 7.64. The lowest BCUT2D eigenvalue weighted by Gasteiger charge is -2.22. The van der Waals surface area contributed by atoms with Crippen LogP contribution in [-0.4, -0.2) is 28.9 Å². The summed E-state index contributed by atoms with van der Waals surface area (Å²) in [5, 5.41) is 13.9. The molecular weight excluding hydrogens is 296 g/mol. The third-order valence-corrected chi connectivity index (χ3v) is 3.10. The third kappa shape index (κ3) is 7.54. The van der Waals surface area contributed by atoms with Gasteiger partial charge in [-0.05, 0) is 52.2 Å². The standard InChI is InChI=1S/C17H26N2O4/c1-11(18-15(20)21)9-13-7-6-8-14(10-13)12(2)19-16(22)23-17(3,4)5/h6-8,10-12,18H,9H2,1-5H3,(H,19,22)(H,20,21)/t11?,12-/m0/s1. The number of carbonyl (C=O) groups is 2. The van der Waals surface area contributed by atoms with Gasteiger partial charge in [-0.1, -0.05) is 24.3 Å². The molecule has 23 heavy (non-hydrogen) atoms. The molecule has 6 heteroatoms. The normalized spacial score (nSPS) is 13.8. The SMILES string of the molecule is CC(Cc1cccc([C@H](C)NC(=O)OC(C)(C)C)c1)NC(=O)O. The maximum absolute atomic E-state index is 11.8. The number of ether oxygens (including phenoxy) is 1. The molecule has 6 nitrogen and oxygen atoms in total. The average molecular weight is 322 g/mol. The fraction of sp³-hybridized carbons (Fsp3) is 0.529. The van der Waals surface area contributed by atoms with Gasteiger partial charge < -0.3 is 20.5 Å². The van der Waals surface area contributed by atoms with Crippen molar-refractivity contribution in [3.8, 4) is 0 Å². The minimum absolute atomic E-state index is 0.183.